The molecule has 1 aliphatic carbocycles. The average molecular weight is 434 g/mol. The van der Waals surface area contributed by atoms with E-state index in [-0.39, 0.29) is 11.8 Å². The van der Waals surface area contributed by atoms with Gasteiger partial charge in [-0.05, 0) is 55.5 Å². The first-order chi connectivity index (χ1) is 15.8. The fraction of sp³-hybridized carbons (Fsp3) is 0.500. The van der Waals surface area contributed by atoms with Crippen LogP contribution in [0.5, 0.6) is 11.5 Å². The Morgan fingerprint density at radius 3 is 2.88 bits per heavy atom. The van der Waals surface area contributed by atoms with Crippen molar-refractivity contribution in [1.29, 1.82) is 0 Å². The molecule has 0 bridgehead atoms. The van der Waals surface area contributed by atoms with Gasteiger partial charge in [0, 0.05) is 61.5 Å². The van der Waals surface area contributed by atoms with E-state index in [4.69, 9.17) is 9.47 Å². The molecule has 2 aromatic rings. The number of fused-ring (bicyclic) bond motifs is 4. The summed E-state index contributed by atoms with van der Waals surface area (Å²) in [5.74, 6) is 2.74. The maximum atomic E-state index is 11.9. The molecule has 32 heavy (non-hydrogen) atoms. The largest absolute Gasteiger partial charge is 0.494 e. The predicted octanol–water partition coefficient (Wildman–Crippen LogP) is 3.66. The van der Waals surface area contributed by atoms with Crippen LogP contribution in [-0.2, 0) is 11.2 Å². The van der Waals surface area contributed by atoms with Crippen molar-refractivity contribution in [2.75, 3.05) is 56.2 Å². The van der Waals surface area contributed by atoms with Gasteiger partial charge in [0.15, 0.2) is 0 Å². The number of amides is 1. The number of hydrogen-bond donors (Lipinski definition) is 1. The Kier molecular flexibility index (Phi) is 5.18. The number of piperazine rings is 1. The highest BCUT2D eigenvalue weighted by atomic mass is 16.5. The van der Waals surface area contributed by atoms with E-state index < -0.39 is 0 Å². The molecule has 1 N–H and O–H groups in total. The molecule has 6 heteroatoms. The summed E-state index contributed by atoms with van der Waals surface area (Å²) in [5, 5.41) is 3.03. The second kappa shape index (κ2) is 8.32. The van der Waals surface area contributed by atoms with E-state index in [0.717, 1.165) is 88.8 Å². The number of ether oxygens (including phenoxy) is 2. The summed E-state index contributed by atoms with van der Waals surface area (Å²) in [6.07, 6.45) is 4.20. The summed E-state index contributed by atoms with van der Waals surface area (Å²) in [6.45, 7) is 7.03. The van der Waals surface area contributed by atoms with Gasteiger partial charge in [0.25, 0.3) is 0 Å². The van der Waals surface area contributed by atoms with Gasteiger partial charge in [-0.1, -0.05) is 12.1 Å². The number of hydrogen-bond acceptors (Lipinski definition) is 5. The SMILES string of the molecule is O=C1Nc2cc(OCCCCN3CCN(c4cccc5c4CCO5)CC3)ccc2[C@@H]2C[C@H]12. The van der Waals surface area contributed by atoms with Crippen molar-refractivity contribution >= 4 is 17.3 Å². The van der Waals surface area contributed by atoms with E-state index in [1.54, 1.807) is 0 Å². The van der Waals surface area contributed by atoms with Crippen molar-refractivity contribution in [3.05, 3.63) is 47.5 Å². The normalized spacial score (nSPS) is 23.6. The van der Waals surface area contributed by atoms with Crippen LogP contribution >= 0.6 is 0 Å². The van der Waals surface area contributed by atoms with E-state index in [1.807, 2.05) is 6.07 Å². The molecule has 1 saturated heterocycles. The molecule has 1 saturated carbocycles. The number of benzene rings is 2. The summed E-state index contributed by atoms with van der Waals surface area (Å²) in [6, 6.07) is 12.6. The standard InChI is InChI=1S/C26H31N3O3/c30-26-22-17-21(22)19-7-6-18(16-23(19)27-26)31-14-2-1-9-28-10-12-29(13-11-28)24-4-3-5-25-20(24)8-15-32-25/h3-7,16,21-22H,1-2,8-15,17H2,(H,27,30)/t21-,22-/m0/s1. The van der Waals surface area contributed by atoms with E-state index in [1.165, 1.54) is 16.8 Å². The van der Waals surface area contributed by atoms with Crippen molar-refractivity contribution in [2.45, 2.75) is 31.6 Å². The number of carbonyl (C=O) groups excluding carboxylic acids is 1. The summed E-state index contributed by atoms with van der Waals surface area (Å²) in [5.41, 5.74) is 4.97. The fourth-order valence-electron chi connectivity index (χ4n) is 5.45. The molecular formula is C26H31N3O3. The van der Waals surface area contributed by atoms with Crippen molar-refractivity contribution in [1.82, 2.24) is 4.90 Å². The van der Waals surface area contributed by atoms with Crippen molar-refractivity contribution in [2.24, 2.45) is 5.92 Å². The molecule has 1 amide bonds. The molecule has 4 aliphatic rings. The Morgan fingerprint density at radius 1 is 1.06 bits per heavy atom. The molecule has 2 atom stereocenters. The lowest BCUT2D eigenvalue weighted by atomic mass is 10.0. The van der Waals surface area contributed by atoms with Gasteiger partial charge in [-0.25, -0.2) is 0 Å². The number of rotatable bonds is 7. The monoisotopic (exact) mass is 433 g/mol. The molecule has 0 spiro atoms. The summed E-state index contributed by atoms with van der Waals surface area (Å²) >= 11 is 0. The molecular weight excluding hydrogens is 402 g/mol. The smallest absolute Gasteiger partial charge is 0.228 e. The third kappa shape index (κ3) is 3.81. The zero-order chi connectivity index (χ0) is 21.5. The minimum atomic E-state index is 0.171. The van der Waals surface area contributed by atoms with Crippen LogP contribution in [0.2, 0.25) is 0 Å². The Bertz CT molecular complexity index is 1020. The first kappa shape index (κ1) is 19.9. The van der Waals surface area contributed by atoms with Crippen LogP contribution in [0.4, 0.5) is 11.4 Å². The van der Waals surface area contributed by atoms with Crippen LogP contribution < -0.4 is 19.7 Å². The van der Waals surface area contributed by atoms with E-state index in [2.05, 4.69) is 45.4 Å². The Morgan fingerprint density at radius 2 is 1.97 bits per heavy atom. The van der Waals surface area contributed by atoms with E-state index in [9.17, 15) is 4.79 Å². The van der Waals surface area contributed by atoms with Gasteiger partial charge < -0.3 is 19.7 Å². The maximum absolute atomic E-state index is 11.9. The molecule has 168 valence electrons. The second-order valence-corrected chi connectivity index (χ2v) is 9.42. The Balaban J connectivity index is 0.927. The maximum Gasteiger partial charge on any atom is 0.228 e. The zero-order valence-corrected chi connectivity index (χ0v) is 18.5. The van der Waals surface area contributed by atoms with Crippen molar-refractivity contribution in [3.8, 4) is 11.5 Å². The topological polar surface area (TPSA) is 54.0 Å². The third-order valence-electron chi connectivity index (χ3n) is 7.38. The lowest BCUT2D eigenvalue weighted by Gasteiger charge is -2.36. The highest BCUT2D eigenvalue weighted by Gasteiger charge is 2.48. The van der Waals surface area contributed by atoms with Gasteiger partial charge in [-0.2, -0.15) is 0 Å². The van der Waals surface area contributed by atoms with Gasteiger partial charge in [0.05, 0.1) is 13.2 Å². The first-order valence-corrected chi connectivity index (χ1v) is 12.1. The van der Waals surface area contributed by atoms with E-state index >= 15 is 0 Å². The number of anilines is 2. The van der Waals surface area contributed by atoms with Crippen LogP contribution in [0, 0.1) is 5.92 Å². The summed E-state index contributed by atoms with van der Waals surface area (Å²) in [4.78, 5) is 17.0. The molecule has 6 rings (SSSR count). The summed E-state index contributed by atoms with van der Waals surface area (Å²) in [7, 11) is 0. The summed E-state index contributed by atoms with van der Waals surface area (Å²) < 4.78 is 11.7. The molecule has 2 aromatic carbocycles. The molecule has 2 fully saturated rings. The molecule has 3 heterocycles. The van der Waals surface area contributed by atoms with Gasteiger partial charge in [-0.3, -0.25) is 9.69 Å². The van der Waals surface area contributed by atoms with E-state index in [0.29, 0.717) is 5.92 Å². The minimum absolute atomic E-state index is 0.171. The highest BCUT2D eigenvalue weighted by molar-refractivity contribution is 5.99. The van der Waals surface area contributed by atoms with Gasteiger partial charge in [-0.15, -0.1) is 0 Å². The number of nitrogens with one attached hydrogen (secondary N) is 1. The van der Waals surface area contributed by atoms with Crippen LogP contribution in [0.15, 0.2) is 36.4 Å². The molecule has 0 radical (unpaired) electrons. The molecule has 0 unspecified atom stereocenters. The van der Waals surface area contributed by atoms with Crippen molar-refractivity contribution < 1.29 is 14.3 Å². The number of carbonyl (C=O) groups is 1. The molecule has 3 aliphatic heterocycles. The minimum Gasteiger partial charge on any atom is -0.494 e. The van der Waals surface area contributed by atoms with Gasteiger partial charge in [0.1, 0.15) is 11.5 Å². The highest BCUT2D eigenvalue weighted by Crippen LogP contribution is 2.53. The number of nitrogens with zero attached hydrogens (tertiary/aromatic N) is 2. The van der Waals surface area contributed by atoms with Gasteiger partial charge >= 0.3 is 0 Å². The van der Waals surface area contributed by atoms with Crippen LogP contribution in [0.1, 0.15) is 36.3 Å². The van der Waals surface area contributed by atoms with Crippen LogP contribution in [0.3, 0.4) is 0 Å². The average Bonchev–Trinajstić information content (AvgIpc) is 3.49. The third-order valence-corrected chi connectivity index (χ3v) is 7.38. The van der Waals surface area contributed by atoms with Crippen LogP contribution in [-0.4, -0.2) is 56.7 Å². The number of unbranched alkanes of at least 4 members (excludes halogenated alkanes) is 1. The predicted molar refractivity (Wildman–Crippen MR) is 125 cm³/mol. The van der Waals surface area contributed by atoms with Crippen LogP contribution in [0.25, 0.3) is 0 Å². The lowest BCUT2D eigenvalue weighted by molar-refractivity contribution is -0.117. The first-order valence-electron chi connectivity index (χ1n) is 12.1. The lowest BCUT2D eigenvalue weighted by Crippen LogP contribution is -2.46. The zero-order valence-electron chi connectivity index (χ0n) is 18.5. The Hall–Kier alpha value is -2.73. The quantitative estimate of drug-likeness (QED) is 0.676. The second-order valence-electron chi connectivity index (χ2n) is 9.42. The molecule has 6 nitrogen and oxygen atoms in total. The Labute approximate surface area is 189 Å². The van der Waals surface area contributed by atoms with Crippen molar-refractivity contribution in [3.63, 3.8) is 0 Å². The van der Waals surface area contributed by atoms with Gasteiger partial charge in [0.2, 0.25) is 5.91 Å². The molecule has 0 aromatic heterocycles. The fourth-order valence-corrected chi connectivity index (χ4v) is 5.45.